The molecule has 1 aromatic rings. The van der Waals surface area contributed by atoms with Crippen LogP contribution in [0.15, 0.2) is 6.07 Å². The molecule has 0 aliphatic rings. The SMILES string of the molecule is COc1c(I)cc(N)c(F)c1I. The Morgan fingerprint density at radius 1 is 1.50 bits per heavy atom. The molecule has 2 N–H and O–H groups in total. The maximum atomic E-state index is 13.1. The Kier molecular flexibility index (Phi) is 3.38. The van der Waals surface area contributed by atoms with Crippen molar-refractivity contribution in [2.75, 3.05) is 12.8 Å². The van der Waals surface area contributed by atoms with Gasteiger partial charge < -0.3 is 10.5 Å². The third-order valence-corrected chi connectivity index (χ3v) is 3.11. The molecule has 0 amide bonds. The van der Waals surface area contributed by atoms with E-state index in [1.54, 1.807) is 6.07 Å². The van der Waals surface area contributed by atoms with Crippen LogP contribution in [0.5, 0.6) is 5.75 Å². The second-order valence-electron chi connectivity index (χ2n) is 2.11. The standard InChI is InChI=1S/C7H6FI2NO/c1-12-7-3(9)2-4(11)5(8)6(7)10/h2H,11H2,1H3. The van der Waals surface area contributed by atoms with Crippen molar-refractivity contribution in [3.8, 4) is 5.75 Å². The minimum absolute atomic E-state index is 0.157. The largest absolute Gasteiger partial charge is 0.494 e. The Morgan fingerprint density at radius 2 is 2.08 bits per heavy atom. The van der Waals surface area contributed by atoms with Gasteiger partial charge in [-0.2, -0.15) is 0 Å². The first kappa shape index (κ1) is 10.3. The normalized spacial score (nSPS) is 10.0. The zero-order valence-electron chi connectivity index (χ0n) is 6.20. The molecule has 0 spiro atoms. The summed E-state index contributed by atoms with van der Waals surface area (Å²) in [5, 5.41) is 0. The van der Waals surface area contributed by atoms with Gasteiger partial charge >= 0.3 is 0 Å². The quantitative estimate of drug-likeness (QED) is 0.453. The molecule has 0 aromatic heterocycles. The average Bonchev–Trinajstić information content (AvgIpc) is 2.01. The zero-order valence-corrected chi connectivity index (χ0v) is 10.5. The summed E-state index contributed by atoms with van der Waals surface area (Å²) in [5.74, 6) is 0.135. The Labute approximate surface area is 96.9 Å². The van der Waals surface area contributed by atoms with Gasteiger partial charge in [0, 0.05) is 0 Å². The number of nitrogens with two attached hydrogens (primary N) is 1. The van der Waals surface area contributed by atoms with E-state index < -0.39 is 5.82 Å². The van der Waals surface area contributed by atoms with Crippen LogP contribution in [0.25, 0.3) is 0 Å². The van der Waals surface area contributed by atoms with Crippen LogP contribution in [-0.4, -0.2) is 7.11 Å². The Hall–Kier alpha value is 0.210. The summed E-state index contributed by atoms with van der Waals surface area (Å²) in [4.78, 5) is 0. The van der Waals surface area contributed by atoms with E-state index in [4.69, 9.17) is 10.5 Å². The van der Waals surface area contributed by atoms with Crippen molar-refractivity contribution in [3.63, 3.8) is 0 Å². The molecule has 0 unspecified atom stereocenters. The number of hydrogen-bond acceptors (Lipinski definition) is 2. The van der Waals surface area contributed by atoms with Gasteiger partial charge in [-0.05, 0) is 51.2 Å². The molecule has 0 saturated heterocycles. The first-order valence-electron chi connectivity index (χ1n) is 3.05. The first-order chi connectivity index (χ1) is 5.57. The third kappa shape index (κ3) is 1.76. The van der Waals surface area contributed by atoms with E-state index in [0.717, 1.165) is 3.57 Å². The van der Waals surface area contributed by atoms with Crippen molar-refractivity contribution in [2.24, 2.45) is 0 Å². The highest BCUT2D eigenvalue weighted by atomic mass is 127. The van der Waals surface area contributed by atoms with Crippen molar-refractivity contribution in [3.05, 3.63) is 19.0 Å². The molecule has 0 saturated carbocycles. The molecule has 5 heteroatoms. The van der Waals surface area contributed by atoms with Crippen LogP contribution in [0.4, 0.5) is 10.1 Å². The molecule has 0 fully saturated rings. The molecule has 0 atom stereocenters. The highest BCUT2D eigenvalue weighted by Crippen LogP contribution is 2.32. The minimum Gasteiger partial charge on any atom is -0.494 e. The summed E-state index contributed by atoms with van der Waals surface area (Å²) in [6, 6.07) is 1.55. The lowest BCUT2D eigenvalue weighted by atomic mass is 10.3. The topological polar surface area (TPSA) is 35.2 Å². The molecule has 0 aliphatic carbocycles. The fourth-order valence-corrected chi connectivity index (χ4v) is 2.95. The van der Waals surface area contributed by atoms with Crippen LogP contribution in [0.3, 0.4) is 0 Å². The summed E-state index contributed by atoms with van der Waals surface area (Å²) in [7, 11) is 1.51. The predicted molar refractivity (Wildman–Crippen MR) is 62.8 cm³/mol. The number of hydrogen-bond donors (Lipinski definition) is 1. The maximum Gasteiger partial charge on any atom is 0.163 e. The molecule has 2 nitrogen and oxygen atoms in total. The van der Waals surface area contributed by atoms with Crippen LogP contribution in [0.1, 0.15) is 0 Å². The zero-order chi connectivity index (χ0) is 9.30. The van der Waals surface area contributed by atoms with E-state index in [-0.39, 0.29) is 5.69 Å². The van der Waals surface area contributed by atoms with Crippen LogP contribution < -0.4 is 10.5 Å². The molecule has 0 aliphatic heterocycles. The third-order valence-electron chi connectivity index (χ3n) is 1.35. The fraction of sp³-hybridized carbons (Fsp3) is 0.143. The number of benzene rings is 1. The van der Waals surface area contributed by atoms with Gasteiger partial charge in [0.15, 0.2) is 5.82 Å². The van der Waals surface area contributed by atoms with E-state index in [0.29, 0.717) is 9.32 Å². The summed E-state index contributed by atoms with van der Waals surface area (Å²) in [6.45, 7) is 0. The number of rotatable bonds is 1. The van der Waals surface area contributed by atoms with Gasteiger partial charge in [-0.1, -0.05) is 0 Å². The van der Waals surface area contributed by atoms with Crippen molar-refractivity contribution in [1.82, 2.24) is 0 Å². The first-order valence-corrected chi connectivity index (χ1v) is 5.20. The Morgan fingerprint density at radius 3 is 2.58 bits per heavy atom. The van der Waals surface area contributed by atoms with E-state index in [9.17, 15) is 4.39 Å². The highest BCUT2D eigenvalue weighted by Gasteiger charge is 2.13. The van der Waals surface area contributed by atoms with Crippen LogP contribution in [0.2, 0.25) is 0 Å². The smallest absolute Gasteiger partial charge is 0.163 e. The highest BCUT2D eigenvalue weighted by molar-refractivity contribution is 14.1. The van der Waals surface area contributed by atoms with Gasteiger partial charge in [-0.3, -0.25) is 0 Å². The molecule has 0 bridgehead atoms. The summed E-state index contributed by atoms with van der Waals surface area (Å²) in [6.07, 6.45) is 0. The molecule has 1 aromatic carbocycles. The number of halogens is 3. The molecular weight excluding hydrogens is 387 g/mol. The second-order valence-corrected chi connectivity index (χ2v) is 4.35. The van der Waals surface area contributed by atoms with E-state index >= 15 is 0 Å². The van der Waals surface area contributed by atoms with E-state index in [2.05, 4.69) is 22.6 Å². The minimum atomic E-state index is -0.409. The van der Waals surface area contributed by atoms with E-state index in [1.165, 1.54) is 7.11 Å². The lowest BCUT2D eigenvalue weighted by Gasteiger charge is -2.08. The molecule has 0 heterocycles. The van der Waals surface area contributed by atoms with Crippen molar-refractivity contribution in [2.45, 2.75) is 0 Å². The summed E-state index contributed by atoms with van der Waals surface area (Å²) < 4.78 is 19.4. The number of ether oxygens (including phenoxy) is 1. The lowest BCUT2D eigenvalue weighted by molar-refractivity contribution is 0.404. The molecular formula is C7H6FI2NO. The van der Waals surface area contributed by atoms with Crippen LogP contribution >= 0.6 is 45.2 Å². The maximum absolute atomic E-state index is 13.1. The Bertz CT molecular complexity index is 317. The van der Waals surface area contributed by atoms with Gasteiger partial charge in [-0.25, -0.2) is 4.39 Å². The fourth-order valence-electron chi connectivity index (χ4n) is 0.784. The van der Waals surface area contributed by atoms with Gasteiger partial charge in [0.05, 0.1) is 19.9 Å². The molecule has 0 radical (unpaired) electrons. The number of nitrogen functional groups attached to an aromatic ring is 1. The van der Waals surface area contributed by atoms with Gasteiger partial charge in [-0.15, -0.1) is 0 Å². The summed E-state index contributed by atoms with van der Waals surface area (Å²) >= 11 is 3.92. The van der Waals surface area contributed by atoms with Crippen LogP contribution in [0, 0.1) is 13.0 Å². The predicted octanol–water partition coefficient (Wildman–Crippen LogP) is 2.63. The molecule has 12 heavy (non-hydrogen) atoms. The van der Waals surface area contributed by atoms with Crippen LogP contribution in [-0.2, 0) is 0 Å². The average molecular weight is 393 g/mol. The van der Waals surface area contributed by atoms with Gasteiger partial charge in [0.2, 0.25) is 0 Å². The van der Waals surface area contributed by atoms with E-state index in [1.807, 2.05) is 22.6 Å². The number of anilines is 1. The number of methoxy groups -OCH3 is 1. The van der Waals surface area contributed by atoms with Crippen molar-refractivity contribution < 1.29 is 9.13 Å². The van der Waals surface area contributed by atoms with Crippen molar-refractivity contribution >= 4 is 50.9 Å². The second kappa shape index (κ2) is 3.95. The molecule has 1 rings (SSSR count). The van der Waals surface area contributed by atoms with Crippen molar-refractivity contribution in [1.29, 1.82) is 0 Å². The lowest BCUT2D eigenvalue weighted by Crippen LogP contribution is -1.99. The van der Waals surface area contributed by atoms with Gasteiger partial charge in [0.1, 0.15) is 5.75 Å². The summed E-state index contributed by atoms with van der Waals surface area (Å²) in [5.41, 5.74) is 5.56. The monoisotopic (exact) mass is 393 g/mol. The van der Waals surface area contributed by atoms with Gasteiger partial charge in [0.25, 0.3) is 0 Å². The Balaban J connectivity index is 3.40. The molecule has 66 valence electrons.